The summed E-state index contributed by atoms with van der Waals surface area (Å²) in [6.45, 7) is 0.0814. The summed E-state index contributed by atoms with van der Waals surface area (Å²) < 4.78 is 39.2. The van der Waals surface area contributed by atoms with E-state index in [1.165, 1.54) is 0 Å². The minimum atomic E-state index is -4.56. The molecule has 1 saturated carbocycles. The molecular weight excluding hydrogens is 281 g/mol. The van der Waals surface area contributed by atoms with Crippen molar-refractivity contribution in [3.8, 4) is 0 Å². The minimum Gasteiger partial charge on any atom is -0.329 e. The van der Waals surface area contributed by atoms with Gasteiger partial charge >= 0.3 is 6.18 Å². The fraction of sp³-hybridized carbons (Fsp3) is 0.600. The summed E-state index contributed by atoms with van der Waals surface area (Å²) in [5.74, 6) is -0.507. The van der Waals surface area contributed by atoms with E-state index < -0.39 is 22.9 Å². The van der Waals surface area contributed by atoms with Gasteiger partial charge < -0.3 is 5.73 Å². The highest BCUT2D eigenvalue weighted by Gasteiger charge is 2.42. The number of Topliss-reactive ketones (excluding diaryl/α,β-unsaturated/α-hetero) is 1. The van der Waals surface area contributed by atoms with Crippen molar-refractivity contribution in [2.75, 3.05) is 6.54 Å². The molecule has 0 saturated heterocycles. The number of alkyl halides is 3. The van der Waals surface area contributed by atoms with Crippen LogP contribution in [0.4, 0.5) is 13.2 Å². The third kappa shape index (κ3) is 3.26. The molecule has 1 aromatic rings. The van der Waals surface area contributed by atoms with Crippen molar-refractivity contribution in [3.63, 3.8) is 0 Å². The van der Waals surface area contributed by atoms with Crippen LogP contribution < -0.4 is 5.73 Å². The van der Waals surface area contributed by atoms with Gasteiger partial charge in [0.05, 0.1) is 5.56 Å². The molecule has 3 nitrogen and oxygen atoms in total. The van der Waals surface area contributed by atoms with Gasteiger partial charge in [0.25, 0.3) is 0 Å². The van der Waals surface area contributed by atoms with Gasteiger partial charge in [-0.25, -0.2) is 0 Å². The quantitative estimate of drug-likeness (QED) is 0.685. The van der Waals surface area contributed by atoms with Crippen LogP contribution in [0, 0.1) is 5.41 Å². The number of carbonyl (C=O) groups excluding carboxylic acids is 1. The number of carbonyl (C=O) groups is 1. The van der Waals surface area contributed by atoms with Gasteiger partial charge in [0.15, 0.2) is 5.78 Å². The van der Waals surface area contributed by atoms with Gasteiger partial charge in [-0.15, -0.1) is 0 Å². The van der Waals surface area contributed by atoms with E-state index >= 15 is 0 Å². The Bertz CT molecular complexity index is 506. The standard InChI is InChI=1S/C15H19F3N2O/c16-15(17,18)12-5-8-20-9-11(12)13(21)14(10-19)6-3-1-2-4-7-14/h5,8-9H,1-4,6-7,10,19H2. The summed E-state index contributed by atoms with van der Waals surface area (Å²) in [6, 6.07) is 0.855. The lowest BCUT2D eigenvalue weighted by atomic mass is 9.74. The lowest BCUT2D eigenvalue weighted by Gasteiger charge is -2.30. The Balaban J connectivity index is 2.43. The number of halogens is 3. The maximum atomic E-state index is 13.1. The first-order chi connectivity index (χ1) is 9.91. The topological polar surface area (TPSA) is 56.0 Å². The van der Waals surface area contributed by atoms with Crippen molar-refractivity contribution in [1.82, 2.24) is 4.98 Å². The molecule has 1 aliphatic rings. The summed E-state index contributed by atoms with van der Waals surface area (Å²) >= 11 is 0. The van der Waals surface area contributed by atoms with E-state index in [0.29, 0.717) is 12.8 Å². The highest BCUT2D eigenvalue weighted by molar-refractivity contribution is 6.01. The van der Waals surface area contributed by atoms with Gasteiger partial charge in [0.2, 0.25) is 0 Å². The van der Waals surface area contributed by atoms with Gasteiger partial charge in [-0.05, 0) is 18.9 Å². The Hall–Kier alpha value is -1.43. The summed E-state index contributed by atoms with van der Waals surface area (Å²) in [5, 5.41) is 0. The molecular formula is C15H19F3N2O. The van der Waals surface area contributed by atoms with Gasteiger partial charge in [0.1, 0.15) is 0 Å². The zero-order valence-electron chi connectivity index (χ0n) is 11.7. The molecule has 0 aromatic carbocycles. The van der Waals surface area contributed by atoms with Crippen LogP contribution in [0.15, 0.2) is 18.5 Å². The molecule has 1 aromatic heterocycles. The Morgan fingerprint density at radius 2 is 1.86 bits per heavy atom. The molecule has 0 unspecified atom stereocenters. The molecule has 0 atom stereocenters. The van der Waals surface area contributed by atoms with E-state index in [4.69, 9.17) is 5.73 Å². The maximum absolute atomic E-state index is 13.1. The molecule has 1 fully saturated rings. The number of rotatable bonds is 3. The van der Waals surface area contributed by atoms with Crippen molar-refractivity contribution < 1.29 is 18.0 Å². The molecule has 21 heavy (non-hydrogen) atoms. The van der Waals surface area contributed by atoms with E-state index in [2.05, 4.69) is 4.98 Å². The van der Waals surface area contributed by atoms with Gasteiger partial charge in [-0.2, -0.15) is 13.2 Å². The van der Waals surface area contributed by atoms with E-state index in [1.807, 2.05) is 0 Å². The molecule has 0 aliphatic heterocycles. The predicted molar refractivity (Wildman–Crippen MR) is 72.8 cm³/mol. The van der Waals surface area contributed by atoms with Crippen LogP contribution in [-0.4, -0.2) is 17.3 Å². The summed E-state index contributed by atoms with van der Waals surface area (Å²) in [5.41, 5.74) is 3.64. The van der Waals surface area contributed by atoms with E-state index in [-0.39, 0.29) is 12.1 Å². The molecule has 0 radical (unpaired) electrons. The fourth-order valence-electron chi connectivity index (χ4n) is 3.04. The van der Waals surface area contributed by atoms with Crippen LogP contribution in [0.3, 0.4) is 0 Å². The largest absolute Gasteiger partial charge is 0.417 e. The van der Waals surface area contributed by atoms with Gasteiger partial charge in [0, 0.05) is 29.9 Å². The number of hydrogen-bond donors (Lipinski definition) is 1. The average molecular weight is 300 g/mol. The molecule has 2 rings (SSSR count). The van der Waals surface area contributed by atoms with E-state index in [1.54, 1.807) is 0 Å². The third-order valence-electron chi connectivity index (χ3n) is 4.30. The Labute approximate surface area is 121 Å². The van der Waals surface area contributed by atoms with Crippen LogP contribution in [0.25, 0.3) is 0 Å². The second kappa shape index (κ2) is 6.13. The maximum Gasteiger partial charge on any atom is 0.417 e. The lowest BCUT2D eigenvalue weighted by Crippen LogP contribution is -2.39. The smallest absolute Gasteiger partial charge is 0.329 e. The molecule has 1 aliphatic carbocycles. The van der Waals surface area contributed by atoms with Crippen molar-refractivity contribution in [3.05, 3.63) is 29.6 Å². The van der Waals surface area contributed by atoms with Crippen LogP contribution in [-0.2, 0) is 6.18 Å². The highest BCUT2D eigenvalue weighted by atomic mass is 19.4. The first kappa shape index (κ1) is 15.9. The minimum absolute atomic E-state index is 0.0814. The highest BCUT2D eigenvalue weighted by Crippen LogP contribution is 2.40. The number of nitrogens with two attached hydrogens (primary N) is 1. The summed E-state index contributed by atoms with van der Waals surface area (Å²) in [4.78, 5) is 16.5. The number of aromatic nitrogens is 1. The lowest BCUT2D eigenvalue weighted by molar-refractivity contribution is -0.138. The zero-order chi connectivity index (χ0) is 15.5. The molecule has 6 heteroatoms. The van der Waals surface area contributed by atoms with E-state index in [9.17, 15) is 18.0 Å². The first-order valence-electron chi connectivity index (χ1n) is 7.17. The Kier molecular flexibility index (Phi) is 4.66. The van der Waals surface area contributed by atoms with Crippen LogP contribution in [0.1, 0.15) is 54.4 Å². The van der Waals surface area contributed by atoms with Crippen LogP contribution in [0.5, 0.6) is 0 Å². The van der Waals surface area contributed by atoms with Crippen molar-refractivity contribution >= 4 is 5.78 Å². The molecule has 2 N–H and O–H groups in total. The zero-order valence-corrected chi connectivity index (χ0v) is 11.7. The van der Waals surface area contributed by atoms with Crippen LogP contribution in [0.2, 0.25) is 0 Å². The molecule has 0 spiro atoms. The first-order valence-corrected chi connectivity index (χ1v) is 7.17. The third-order valence-corrected chi connectivity index (χ3v) is 4.30. The normalized spacial score (nSPS) is 19.0. The number of ketones is 1. The van der Waals surface area contributed by atoms with Gasteiger partial charge in [-0.1, -0.05) is 25.7 Å². The summed E-state index contributed by atoms with van der Waals surface area (Å²) in [7, 11) is 0. The molecule has 0 bridgehead atoms. The van der Waals surface area contributed by atoms with Crippen molar-refractivity contribution in [2.24, 2.45) is 11.1 Å². The fourth-order valence-corrected chi connectivity index (χ4v) is 3.04. The van der Waals surface area contributed by atoms with Crippen molar-refractivity contribution in [2.45, 2.75) is 44.7 Å². The Morgan fingerprint density at radius 3 is 2.38 bits per heavy atom. The SMILES string of the molecule is NCC1(C(=O)c2cnccc2C(F)(F)F)CCCCCC1. The molecule has 1 heterocycles. The number of hydrogen-bond acceptors (Lipinski definition) is 3. The molecule has 0 amide bonds. The second-order valence-corrected chi connectivity index (χ2v) is 5.65. The van der Waals surface area contributed by atoms with E-state index in [0.717, 1.165) is 44.1 Å². The Morgan fingerprint density at radius 1 is 1.24 bits per heavy atom. The predicted octanol–water partition coefficient (Wildman–Crippen LogP) is 3.58. The number of pyridine rings is 1. The van der Waals surface area contributed by atoms with Crippen molar-refractivity contribution in [1.29, 1.82) is 0 Å². The summed E-state index contributed by atoms with van der Waals surface area (Å²) in [6.07, 6.45) is 2.25. The molecule has 116 valence electrons. The van der Waals surface area contributed by atoms with Gasteiger partial charge in [-0.3, -0.25) is 9.78 Å². The number of nitrogens with zero attached hydrogens (tertiary/aromatic N) is 1. The van der Waals surface area contributed by atoms with Crippen LogP contribution >= 0.6 is 0 Å². The average Bonchev–Trinajstić information content (AvgIpc) is 2.72. The monoisotopic (exact) mass is 300 g/mol. The second-order valence-electron chi connectivity index (χ2n) is 5.65.